The summed E-state index contributed by atoms with van der Waals surface area (Å²) in [6.45, 7) is 7.00. The van der Waals surface area contributed by atoms with Crippen LogP contribution in [-0.2, 0) is 0 Å². The maximum Gasteiger partial charge on any atom is 0.265 e. The summed E-state index contributed by atoms with van der Waals surface area (Å²) >= 11 is 5.63. The second-order valence-corrected chi connectivity index (χ2v) is 2.42. The van der Waals surface area contributed by atoms with Crippen molar-refractivity contribution >= 4 is 17.5 Å². The van der Waals surface area contributed by atoms with Gasteiger partial charge in [0.2, 0.25) is 0 Å². The van der Waals surface area contributed by atoms with Gasteiger partial charge in [0.05, 0.1) is 0 Å². The number of benzene rings is 1. The van der Waals surface area contributed by atoms with Crippen LogP contribution in [0.1, 0.15) is 10.4 Å². The molecule has 0 aliphatic rings. The fraction of sp³-hybridized carbons (Fsp3) is 0. The monoisotopic (exact) mass is 224 g/mol. The summed E-state index contributed by atoms with van der Waals surface area (Å²) in [5.74, 6) is 4.57. The van der Waals surface area contributed by atoms with E-state index in [0.717, 1.165) is 0 Å². The second-order valence-electron chi connectivity index (χ2n) is 1.98. The van der Waals surface area contributed by atoms with Crippen molar-refractivity contribution in [1.82, 2.24) is 5.43 Å². The molecule has 0 spiro atoms. The number of halogens is 1. The summed E-state index contributed by atoms with van der Waals surface area (Å²) in [4.78, 5) is 10.9. The highest BCUT2D eigenvalue weighted by atomic mass is 35.5. The molecule has 0 aliphatic heterocycles. The molecule has 0 saturated heterocycles. The Hall–Kier alpha value is -2.08. The van der Waals surface area contributed by atoms with Gasteiger partial charge in [0, 0.05) is 23.7 Å². The third-order valence-corrected chi connectivity index (χ3v) is 1.45. The first-order chi connectivity index (χ1) is 7.24. The zero-order valence-electron chi connectivity index (χ0n) is 7.72. The highest BCUT2D eigenvalue weighted by molar-refractivity contribution is 6.30. The summed E-state index contributed by atoms with van der Waals surface area (Å²) in [5.41, 5.74) is 2.47. The van der Waals surface area contributed by atoms with Crippen molar-refractivity contribution in [3.63, 3.8) is 0 Å². The number of nitrogens with zero attached hydrogens (tertiary/aromatic N) is 2. The van der Waals surface area contributed by atoms with Crippen LogP contribution in [0.2, 0.25) is 5.02 Å². The molecule has 78 valence electrons. The molecule has 0 atom stereocenters. The topological polar surface area (TPSA) is 103 Å². The molecule has 3 N–H and O–H groups in total. The van der Waals surface area contributed by atoms with Gasteiger partial charge in [0.15, 0.2) is 0 Å². The molecule has 0 heterocycles. The van der Waals surface area contributed by atoms with Crippen molar-refractivity contribution in [2.45, 2.75) is 0 Å². The fourth-order valence-corrected chi connectivity index (χ4v) is 0.903. The lowest BCUT2D eigenvalue weighted by Gasteiger charge is -1.97. The normalized spacial score (nSPS) is 7.07. The van der Waals surface area contributed by atoms with Crippen molar-refractivity contribution in [3.8, 4) is 13.1 Å². The average Bonchev–Trinajstić information content (AvgIpc) is 2.33. The molecule has 1 amide bonds. The van der Waals surface area contributed by atoms with Crippen LogP contribution < -0.4 is 11.3 Å². The Labute approximate surface area is 92.6 Å². The summed E-state index contributed by atoms with van der Waals surface area (Å²) in [5, 5.41) is 13.5. The number of carbonyl (C=O) groups is 1. The first-order valence-electron chi connectivity index (χ1n) is 3.52. The predicted octanol–water partition coefficient (Wildman–Crippen LogP) is 1.22. The van der Waals surface area contributed by atoms with Crippen molar-refractivity contribution in [3.05, 3.63) is 34.9 Å². The third-order valence-electron chi connectivity index (χ3n) is 1.22. The maximum atomic E-state index is 10.9. The second kappa shape index (κ2) is 10.0. The number of hydrogen-bond acceptors (Lipinski definition) is 4. The van der Waals surface area contributed by atoms with Crippen LogP contribution in [-0.4, -0.2) is 5.91 Å². The smallest absolute Gasteiger partial charge is 0.265 e. The van der Waals surface area contributed by atoms with Gasteiger partial charge in [-0.3, -0.25) is 10.2 Å². The molecule has 1 aromatic carbocycles. The van der Waals surface area contributed by atoms with E-state index >= 15 is 0 Å². The minimum Gasteiger partial charge on any atom is -0.290 e. The molecule has 5 nitrogen and oxygen atoms in total. The lowest BCUT2D eigenvalue weighted by molar-refractivity contribution is 0.0953. The molecule has 0 unspecified atom stereocenters. The molecule has 6 heteroatoms. The lowest BCUT2D eigenvalue weighted by atomic mass is 10.2. The number of carbonyl (C=O) groups excluding carboxylic acids is 1. The van der Waals surface area contributed by atoms with Crippen molar-refractivity contribution in [2.24, 2.45) is 5.84 Å². The van der Waals surface area contributed by atoms with Crippen LogP contribution >= 0.6 is 11.6 Å². The molecule has 0 fully saturated rings. The van der Waals surface area contributed by atoms with Crippen LogP contribution in [0.4, 0.5) is 0 Å². The summed E-state index contributed by atoms with van der Waals surface area (Å²) in [7, 11) is 0. The van der Waals surface area contributed by atoms with Gasteiger partial charge in [-0.05, 0) is 18.2 Å². The summed E-state index contributed by atoms with van der Waals surface area (Å²) in [6, 6.07) is 6.56. The van der Waals surface area contributed by atoms with Gasteiger partial charge in [-0.25, -0.2) is 16.4 Å². The molecule has 0 bridgehead atoms. The van der Waals surface area contributed by atoms with E-state index in [1.807, 2.05) is 5.43 Å². The molecule has 0 aliphatic carbocycles. The van der Waals surface area contributed by atoms with E-state index in [9.17, 15) is 4.79 Å². The van der Waals surface area contributed by atoms with E-state index in [1.165, 1.54) is 0 Å². The highest BCUT2D eigenvalue weighted by Gasteiger charge is 2.01. The molecule has 0 aromatic heterocycles. The Morgan fingerprint density at radius 1 is 1.33 bits per heavy atom. The number of nitrogens with one attached hydrogen (secondary N) is 1. The van der Waals surface area contributed by atoms with Crippen molar-refractivity contribution in [2.75, 3.05) is 0 Å². The molecule has 1 rings (SSSR count). The lowest BCUT2D eigenvalue weighted by Crippen LogP contribution is -2.29. The van der Waals surface area contributed by atoms with Gasteiger partial charge in [0.1, 0.15) is 0 Å². The van der Waals surface area contributed by atoms with Crippen LogP contribution in [0.25, 0.3) is 0 Å². The SMILES string of the molecule is C#N.C#N.NNC(=O)c1cccc(Cl)c1. The number of rotatable bonds is 1. The van der Waals surface area contributed by atoms with Gasteiger partial charge >= 0.3 is 0 Å². The number of nitrogens with two attached hydrogens (primary N) is 1. The Kier molecular flexibility index (Phi) is 10.3. The number of nitrogen functional groups attached to an aromatic ring is 1. The van der Waals surface area contributed by atoms with Gasteiger partial charge < -0.3 is 0 Å². The van der Waals surface area contributed by atoms with Crippen LogP contribution in [0.3, 0.4) is 0 Å². The highest BCUT2D eigenvalue weighted by Crippen LogP contribution is 2.09. The first kappa shape index (κ1) is 15.4. The van der Waals surface area contributed by atoms with Crippen LogP contribution in [0.15, 0.2) is 24.3 Å². The Balaban J connectivity index is 0. The van der Waals surface area contributed by atoms with Gasteiger partial charge in [-0.15, -0.1) is 0 Å². The molecule has 0 saturated carbocycles. The molecular weight excluding hydrogens is 216 g/mol. The van der Waals surface area contributed by atoms with E-state index in [4.69, 9.17) is 28.0 Å². The van der Waals surface area contributed by atoms with Gasteiger partial charge in [-0.1, -0.05) is 17.7 Å². The first-order valence-corrected chi connectivity index (χ1v) is 3.90. The summed E-state index contributed by atoms with van der Waals surface area (Å²) in [6.07, 6.45) is 0. The minimum atomic E-state index is -0.340. The van der Waals surface area contributed by atoms with Gasteiger partial charge in [0.25, 0.3) is 5.91 Å². The van der Waals surface area contributed by atoms with E-state index in [2.05, 4.69) is 13.1 Å². The Morgan fingerprint density at radius 3 is 2.27 bits per heavy atom. The van der Waals surface area contributed by atoms with E-state index in [1.54, 1.807) is 24.3 Å². The Bertz CT molecular complexity index is 342. The predicted molar refractivity (Wildman–Crippen MR) is 56.4 cm³/mol. The zero-order valence-corrected chi connectivity index (χ0v) is 8.48. The maximum absolute atomic E-state index is 10.9. The molecule has 0 radical (unpaired) electrons. The van der Waals surface area contributed by atoms with Gasteiger partial charge in [-0.2, -0.15) is 0 Å². The quantitative estimate of drug-likeness (QED) is 0.425. The largest absolute Gasteiger partial charge is 0.290 e. The Morgan fingerprint density at radius 2 is 1.87 bits per heavy atom. The molecule has 1 aromatic rings. The molecular formula is C9H9ClN4O. The third kappa shape index (κ3) is 6.05. The number of nitriles is 2. The average molecular weight is 225 g/mol. The van der Waals surface area contributed by atoms with E-state index in [-0.39, 0.29) is 5.91 Å². The van der Waals surface area contributed by atoms with Crippen molar-refractivity contribution in [1.29, 1.82) is 10.5 Å². The van der Waals surface area contributed by atoms with Crippen LogP contribution in [0, 0.1) is 23.7 Å². The summed E-state index contributed by atoms with van der Waals surface area (Å²) < 4.78 is 0. The molecule has 15 heavy (non-hydrogen) atoms. The number of hydrazine groups is 1. The minimum absolute atomic E-state index is 0.340. The number of amides is 1. The van der Waals surface area contributed by atoms with E-state index in [0.29, 0.717) is 10.6 Å². The van der Waals surface area contributed by atoms with Crippen LogP contribution in [0.5, 0.6) is 0 Å². The number of hydrogen-bond donors (Lipinski definition) is 2. The standard InChI is InChI=1S/C7H7ClN2O.2CHN/c8-6-3-1-2-5(4-6)7(11)10-9;2*1-2/h1-4H,9H2,(H,10,11);2*1H. The zero-order chi connectivity index (χ0) is 12.3. The fourth-order valence-electron chi connectivity index (χ4n) is 0.713. The van der Waals surface area contributed by atoms with E-state index < -0.39 is 0 Å². The van der Waals surface area contributed by atoms with Crippen molar-refractivity contribution < 1.29 is 4.79 Å².